The van der Waals surface area contributed by atoms with E-state index in [-0.39, 0.29) is 5.69 Å². The molecule has 0 atom stereocenters. The van der Waals surface area contributed by atoms with Crippen molar-refractivity contribution in [2.24, 2.45) is 0 Å². The van der Waals surface area contributed by atoms with Crippen LogP contribution in [-0.4, -0.2) is 11.5 Å². The van der Waals surface area contributed by atoms with Gasteiger partial charge in [-0.2, -0.15) is 0 Å². The molecule has 0 aliphatic carbocycles. The smallest absolute Gasteiger partial charge is 0.270 e. The molecule has 0 saturated carbocycles. The van der Waals surface area contributed by atoms with Crippen LogP contribution in [0.1, 0.15) is 19.4 Å². The summed E-state index contributed by atoms with van der Waals surface area (Å²) in [5.41, 5.74) is 2.38. The number of rotatable bonds is 5. The fourth-order valence-corrected chi connectivity index (χ4v) is 1.78. The Morgan fingerprint density at radius 2 is 2.24 bits per heavy atom. The summed E-state index contributed by atoms with van der Waals surface area (Å²) in [6.45, 7) is 5.57. The molecule has 0 spiro atoms. The van der Waals surface area contributed by atoms with Crippen LogP contribution in [0, 0.1) is 10.1 Å². The van der Waals surface area contributed by atoms with E-state index >= 15 is 0 Å². The van der Waals surface area contributed by atoms with Crippen molar-refractivity contribution < 1.29 is 4.92 Å². The van der Waals surface area contributed by atoms with Gasteiger partial charge in [-0.3, -0.25) is 10.1 Å². The molecule has 0 heterocycles. The highest BCUT2D eigenvalue weighted by Crippen LogP contribution is 2.22. The molecule has 1 aromatic rings. The number of nitrogens with zero attached hydrogens (tertiary/aromatic N) is 1. The van der Waals surface area contributed by atoms with Crippen molar-refractivity contribution in [1.82, 2.24) is 5.32 Å². The highest BCUT2D eigenvalue weighted by molar-refractivity contribution is 9.10. The third kappa shape index (κ3) is 4.66. The Morgan fingerprint density at radius 3 is 2.76 bits per heavy atom. The van der Waals surface area contributed by atoms with Gasteiger partial charge < -0.3 is 5.32 Å². The Hall–Kier alpha value is -1.20. The van der Waals surface area contributed by atoms with Crippen LogP contribution < -0.4 is 5.32 Å². The first-order chi connectivity index (χ1) is 8.00. The quantitative estimate of drug-likeness (QED) is 0.392. The zero-order valence-electron chi connectivity index (χ0n) is 9.87. The molecule has 1 rings (SSSR count). The van der Waals surface area contributed by atoms with E-state index < -0.39 is 4.92 Å². The Bertz CT molecular complexity index is 440. The third-order valence-electron chi connectivity index (χ3n) is 2.22. The Labute approximate surface area is 109 Å². The maximum atomic E-state index is 10.6. The second kappa shape index (κ2) is 6.51. The van der Waals surface area contributed by atoms with E-state index in [2.05, 4.69) is 27.3 Å². The molecule has 0 unspecified atom stereocenters. The van der Waals surface area contributed by atoms with Crippen LogP contribution in [0.15, 0.2) is 34.3 Å². The molecule has 0 saturated heterocycles. The summed E-state index contributed by atoms with van der Waals surface area (Å²) in [4.78, 5) is 10.2. The minimum absolute atomic E-state index is 0.102. The molecule has 0 aliphatic heterocycles. The molecule has 4 nitrogen and oxygen atoms in total. The molecule has 92 valence electrons. The third-order valence-corrected chi connectivity index (χ3v) is 2.96. The molecule has 0 aromatic heterocycles. The van der Waals surface area contributed by atoms with E-state index in [1.165, 1.54) is 17.7 Å². The Kier molecular flexibility index (Phi) is 5.31. The molecule has 0 radical (unpaired) electrons. The topological polar surface area (TPSA) is 55.2 Å². The van der Waals surface area contributed by atoms with Crippen LogP contribution in [0.5, 0.6) is 0 Å². The molecule has 0 fully saturated rings. The second-order valence-electron chi connectivity index (χ2n) is 3.95. The minimum atomic E-state index is -0.398. The first kappa shape index (κ1) is 13.9. The molecular formula is C12H15BrN2O2. The lowest BCUT2D eigenvalue weighted by Crippen LogP contribution is -2.13. The van der Waals surface area contributed by atoms with E-state index in [0.29, 0.717) is 6.54 Å². The molecule has 0 amide bonds. The molecule has 5 heteroatoms. The summed E-state index contributed by atoms with van der Waals surface area (Å²) in [5.74, 6) is 0. The van der Waals surface area contributed by atoms with Gasteiger partial charge >= 0.3 is 0 Å². The van der Waals surface area contributed by atoms with Crippen molar-refractivity contribution in [3.63, 3.8) is 0 Å². The van der Waals surface area contributed by atoms with Crippen LogP contribution in [-0.2, 0) is 6.54 Å². The van der Waals surface area contributed by atoms with Crippen LogP contribution in [0.25, 0.3) is 0 Å². The summed E-state index contributed by atoms with van der Waals surface area (Å²) >= 11 is 3.34. The fraction of sp³-hybridized carbons (Fsp3) is 0.333. The number of hydrogen-bond acceptors (Lipinski definition) is 3. The molecule has 0 aliphatic rings. The lowest BCUT2D eigenvalue weighted by atomic mass is 10.2. The van der Waals surface area contributed by atoms with Gasteiger partial charge in [0.05, 0.1) is 4.92 Å². The summed E-state index contributed by atoms with van der Waals surface area (Å²) in [6, 6.07) is 4.80. The van der Waals surface area contributed by atoms with Gasteiger partial charge in [0.2, 0.25) is 0 Å². The normalized spacial score (nSPS) is 10.1. The van der Waals surface area contributed by atoms with Crippen LogP contribution in [0.2, 0.25) is 0 Å². The number of nitro benzene ring substituents is 1. The summed E-state index contributed by atoms with van der Waals surface area (Å²) in [6.07, 6.45) is 2.10. The standard InChI is InChI=1S/C12H15BrN2O2/c1-9(2)5-6-14-8-10-3-4-11(15(16)17)7-12(10)13/h3-5,7,14H,6,8H2,1-2H3. The fourth-order valence-electron chi connectivity index (χ4n) is 1.28. The summed E-state index contributed by atoms with van der Waals surface area (Å²) in [7, 11) is 0. The molecule has 1 aromatic carbocycles. The predicted octanol–water partition coefficient (Wildman–Crippen LogP) is 3.41. The lowest BCUT2D eigenvalue weighted by molar-refractivity contribution is -0.384. The van der Waals surface area contributed by atoms with Crippen molar-refractivity contribution in [2.75, 3.05) is 6.54 Å². The van der Waals surface area contributed by atoms with Gasteiger partial charge in [0.1, 0.15) is 0 Å². The SMILES string of the molecule is CC(C)=CCNCc1ccc([N+](=O)[O-])cc1Br. The number of hydrogen-bond donors (Lipinski definition) is 1. The van der Waals surface area contributed by atoms with E-state index in [4.69, 9.17) is 0 Å². The number of non-ortho nitro benzene ring substituents is 1. The highest BCUT2D eigenvalue weighted by Gasteiger charge is 2.08. The number of benzene rings is 1. The Balaban J connectivity index is 2.61. The molecule has 0 bridgehead atoms. The van der Waals surface area contributed by atoms with E-state index in [1.54, 1.807) is 6.07 Å². The number of halogens is 1. The number of nitrogens with one attached hydrogen (secondary N) is 1. The van der Waals surface area contributed by atoms with Crippen molar-refractivity contribution in [3.05, 3.63) is 50.0 Å². The zero-order valence-corrected chi connectivity index (χ0v) is 11.5. The van der Waals surface area contributed by atoms with E-state index in [9.17, 15) is 10.1 Å². The van der Waals surface area contributed by atoms with Gasteiger partial charge in [0.25, 0.3) is 5.69 Å². The second-order valence-corrected chi connectivity index (χ2v) is 4.80. The van der Waals surface area contributed by atoms with Crippen LogP contribution >= 0.6 is 15.9 Å². The molecular weight excluding hydrogens is 284 g/mol. The van der Waals surface area contributed by atoms with Crippen molar-refractivity contribution in [2.45, 2.75) is 20.4 Å². The number of nitro groups is 1. The average molecular weight is 299 g/mol. The van der Waals surface area contributed by atoms with Gasteiger partial charge in [-0.1, -0.05) is 27.6 Å². The zero-order chi connectivity index (χ0) is 12.8. The summed E-state index contributed by atoms with van der Waals surface area (Å²) < 4.78 is 0.761. The monoisotopic (exact) mass is 298 g/mol. The van der Waals surface area contributed by atoms with E-state index in [0.717, 1.165) is 16.6 Å². The largest absolute Gasteiger partial charge is 0.309 e. The summed E-state index contributed by atoms with van der Waals surface area (Å²) in [5, 5.41) is 13.8. The first-order valence-electron chi connectivity index (χ1n) is 5.27. The average Bonchev–Trinajstić information content (AvgIpc) is 2.25. The van der Waals surface area contributed by atoms with Crippen molar-refractivity contribution in [1.29, 1.82) is 0 Å². The Morgan fingerprint density at radius 1 is 1.53 bits per heavy atom. The van der Waals surface area contributed by atoms with Gasteiger partial charge in [0.15, 0.2) is 0 Å². The van der Waals surface area contributed by atoms with Crippen molar-refractivity contribution >= 4 is 21.6 Å². The molecule has 17 heavy (non-hydrogen) atoms. The van der Waals surface area contributed by atoms with Gasteiger partial charge in [0, 0.05) is 29.7 Å². The molecule has 1 N–H and O–H groups in total. The maximum Gasteiger partial charge on any atom is 0.270 e. The van der Waals surface area contributed by atoms with E-state index in [1.807, 2.05) is 13.8 Å². The van der Waals surface area contributed by atoms with Gasteiger partial charge in [-0.05, 0) is 25.5 Å². The minimum Gasteiger partial charge on any atom is -0.309 e. The maximum absolute atomic E-state index is 10.6. The highest BCUT2D eigenvalue weighted by atomic mass is 79.9. The van der Waals surface area contributed by atoms with Gasteiger partial charge in [-0.15, -0.1) is 0 Å². The van der Waals surface area contributed by atoms with Gasteiger partial charge in [-0.25, -0.2) is 0 Å². The van der Waals surface area contributed by atoms with Crippen LogP contribution in [0.4, 0.5) is 5.69 Å². The predicted molar refractivity (Wildman–Crippen MR) is 71.9 cm³/mol. The first-order valence-corrected chi connectivity index (χ1v) is 6.07. The number of allylic oxidation sites excluding steroid dienone is 1. The lowest BCUT2D eigenvalue weighted by Gasteiger charge is -2.05. The van der Waals surface area contributed by atoms with Crippen LogP contribution in [0.3, 0.4) is 0 Å². The van der Waals surface area contributed by atoms with Crippen molar-refractivity contribution in [3.8, 4) is 0 Å².